The van der Waals surface area contributed by atoms with Gasteiger partial charge >= 0.3 is 0 Å². The first-order chi connectivity index (χ1) is 14.1. The van der Waals surface area contributed by atoms with Gasteiger partial charge in [0.15, 0.2) is 6.61 Å². The van der Waals surface area contributed by atoms with Crippen LogP contribution in [0.3, 0.4) is 0 Å². The first-order valence-corrected chi connectivity index (χ1v) is 10.5. The van der Waals surface area contributed by atoms with Crippen molar-refractivity contribution < 1.29 is 14.3 Å². The number of nitrogens with zero attached hydrogens (tertiary/aromatic N) is 2. The molecule has 1 unspecified atom stereocenters. The van der Waals surface area contributed by atoms with Gasteiger partial charge < -0.3 is 19.7 Å². The quantitative estimate of drug-likeness (QED) is 0.483. The Labute approximate surface area is 180 Å². The number of nitrogens with one attached hydrogen (secondary N) is 1. The average Bonchev–Trinajstić information content (AvgIpc) is 3.15. The van der Waals surface area contributed by atoms with Crippen LogP contribution in [0.1, 0.15) is 6.42 Å². The van der Waals surface area contributed by atoms with E-state index in [2.05, 4.69) is 15.2 Å². The minimum Gasteiger partial charge on any atom is -0.494 e. The van der Waals surface area contributed by atoms with Crippen LogP contribution in [-0.4, -0.2) is 54.7 Å². The number of likely N-dealkylation sites (tertiary alicyclic amines) is 1. The van der Waals surface area contributed by atoms with Crippen molar-refractivity contribution in [2.75, 3.05) is 32.8 Å². The van der Waals surface area contributed by atoms with Crippen LogP contribution in [0.5, 0.6) is 11.5 Å². The third-order valence-electron chi connectivity index (χ3n) is 5.37. The predicted molar refractivity (Wildman–Crippen MR) is 112 cm³/mol. The number of carbonyl (C=O) groups is 1. The molecule has 2 aromatic rings. The van der Waals surface area contributed by atoms with Crippen LogP contribution in [0, 0.1) is 11.8 Å². The summed E-state index contributed by atoms with van der Waals surface area (Å²) in [5, 5.41) is 4.19. The second kappa shape index (κ2) is 9.20. The van der Waals surface area contributed by atoms with Gasteiger partial charge in [-0.15, -0.1) is 0 Å². The minimum absolute atomic E-state index is 0.00893. The number of pyridine rings is 1. The highest BCUT2D eigenvalue weighted by Gasteiger charge is 2.56. The largest absolute Gasteiger partial charge is 0.494 e. The van der Waals surface area contributed by atoms with Gasteiger partial charge in [-0.3, -0.25) is 4.79 Å². The summed E-state index contributed by atoms with van der Waals surface area (Å²) in [6.07, 6.45) is 2.48. The van der Waals surface area contributed by atoms with E-state index in [1.165, 1.54) is 6.20 Å². The van der Waals surface area contributed by atoms with Crippen LogP contribution in [0.25, 0.3) is 0 Å². The summed E-state index contributed by atoms with van der Waals surface area (Å²) >= 11 is 11.6. The lowest BCUT2D eigenvalue weighted by Crippen LogP contribution is -2.37. The number of fused-ring (bicyclic) bond motifs is 1. The molecule has 0 radical (unpaired) electrons. The van der Waals surface area contributed by atoms with Crippen LogP contribution >= 0.6 is 23.2 Å². The van der Waals surface area contributed by atoms with E-state index >= 15 is 0 Å². The molecule has 4 rings (SSSR count). The molecule has 2 fully saturated rings. The number of rotatable bonds is 9. The molecular formula is C21H23Cl2N3O3. The molecule has 2 aliphatic rings. The van der Waals surface area contributed by atoms with E-state index in [1.807, 2.05) is 24.3 Å². The van der Waals surface area contributed by atoms with E-state index in [0.717, 1.165) is 31.8 Å². The summed E-state index contributed by atoms with van der Waals surface area (Å²) in [5.41, 5.74) is 0. The Morgan fingerprint density at radius 1 is 1.07 bits per heavy atom. The van der Waals surface area contributed by atoms with Crippen LogP contribution in [0.2, 0.25) is 10.2 Å². The molecule has 154 valence electrons. The van der Waals surface area contributed by atoms with Gasteiger partial charge in [0.2, 0.25) is 0 Å². The van der Waals surface area contributed by atoms with Gasteiger partial charge in [0.1, 0.15) is 16.7 Å². The highest BCUT2D eigenvalue weighted by Crippen LogP contribution is 2.45. The molecule has 3 atom stereocenters. The second-order valence-corrected chi connectivity index (χ2v) is 8.27. The van der Waals surface area contributed by atoms with Crippen molar-refractivity contribution in [2.24, 2.45) is 11.8 Å². The molecule has 1 amide bonds. The van der Waals surface area contributed by atoms with Crippen LogP contribution in [0.4, 0.5) is 0 Å². The number of piperidine rings is 1. The summed E-state index contributed by atoms with van der Waals surface area (Å²) in [5.74, 6) is 2.38. The SMILES string of the molecule is O=C(COc1ccc(Cl)nc1)N[C@H]1C2CN(CCCOc3ccc(Cl)cc3)C[C@H]21. The first kappa shape index (κ1) is 20.3. The molecular weight excluding hydrogens is 413 g/mol. The Morgan fingerprint density at radius 3 is 2.48 bits per heavy atom. The molecule has 1 aliphatic carbocycles. The van der Waals surface area contributed by atoms with Gasteiger partial charge in [0, 0.05) is 30.7 Å². The number of halogens is 2. The van der Waals surface area contributed by atoms with E-state index in [9.17, 15) is 4.79 Å². The maximum absolute atomic E-state index is 12.1. The molecule has 1 N–H and O–H groups in total. The van der Waals surface area contributed by atoms with Gasteiger partial charge in [-0.25, -0.2) is 4.98 Å². The number of ether oxygens (including phenoxy) is 2. The maximum atomic E-state index is 12.1. The number of carbonyl (C=O) groups excluding carboxylic acids is 1. The van der Waals surface area contributed by atoms with E-state index in [0.29, 0.717) is 34.4 Å². The summed E-state index contributed by atoms with van der Waals surface area (Å²) < 4.78 is 11.2. The van der Waals surface area contributed by atoms with Gasteiger partial charge in [0.25, 0.3) is 5.91 Å². The van der Waals surface area contributed by atoms with Crippen molar-refractivity contribution in [3.05, 3.63) is 52.8 Å². The van der Waals surface area contributed by atoms with Crippen molar-refractivity contribution >= 4 is 29.1 Å². The van der Waals surface area contributed by atoms with Gasteiger partial charge in [-0.2, -0.15) is 0 Å². The molecule has 0 spiro atoms. The van der Waals surface area contributed by atoms with Crippen LogP contribution < -0.4 is 14.8 Å². The lowest BCUT2D eigenvalue weighted by atomic mass is 10.3. The maximum Gasteiger partial charge on any atom is 0.258 e. The fourth-order valence-electron chi connectivity index (χ4n) is 3.84. The second-order valence-electron chi connectivity index (χ2n) is 7.44. The normalized spacial score (nSPS) is 22.8. The standard InChI is InChI=1S/C21H23Cl2N3O3/c22-14-2-4-15(5-3-14)28-9-1-8-26-11-17-18(12-26)21(17)25-20(27)13-29-16-6-7-19(23)24-10-16/h2-7,10,17-18,21H,1,8-9,11-13H2,(H,25,27)/t17-,18?,21-/m1/s1. The average molecular weight is 436 g/mol. The lowest BCUT2D eigenvalue weighted by molar-refractivity contribution is -0.123. The van der Waals surface area contributed by atoms with E-state index in [-0.39, 0.29) is 18.6 Å². The molecule has 1 saturated heterocycles. The molecule has 2 heterocycles. The van der Waals surface area contributed by atoms with E-state index < -0.39 is 0 Å². The van der Waals surface area contributed by atoms with Crippen LogP contribution in [-0.2, 0) is 4.79 Å². The highest BCUT2D eigenvalue weighted by molar-refractivity contribution is 6.30. The van der Waals surface area contributed by atoms with Gasteiger partial charge in [0.05, 0.1) is 12.8 Å². The molecule has 6 nitrogen and oxygen atoms in total. The number of amides is 1. The van der Waals surface area contributed by atoms with Crippen molar-refractivity contribution in [3.63, 3.8) is 0 Å². The third-order valence-corrected chi connectivity index (χ3v) is 5.84. The zero-order valence-corrected chi connectivity index (χ0v) is 17.4. The Kier molecular flexibility index (Phi) is 6.43. The number of benzene rings is 1. The summed E-state index contributed by atoms with van der Waals surface area (Å²) in [6, 6.07) is 11.0. The Hall–Kier alpha value is -2.02. The first-order valence-electron chi connectivity index (χ1n) is 9.73. The Morgan fingerprint density at radius 2 is 1.79 bits per heavy atom. The van der Waals surface area contributed by atoms with Crippen molar-refractivity contribution in [3.8, 4) is 11.5 Å². The van der Waals surface area contributed by atoms with Crippen molar-refractivity contribution in [1.29, 1.82) is 0 Å². The molecule has 8 heteroatoms. The van der Waals surface area contributed by atoms with Crippen molar-refractivity contribution in [2.45, 2.75) is 12.5 Å². The number of aromatic nitrogens is 1. The summed E-state index contributed by atoms with van der Waals surface area (Å²) in [6.45, 7) is 3.74. The number of hydrogen-bond acceptors (Lipinski definition) is 5. The molecule has 1 aromatic carbocycles. The third kappa shape index (κ3) is 5.53. The molecule has 0 bridgehead atoms. The topological polar surface area (TPSA) is 63.7 Å². The zero-order chi connectivity index (χ0) is 20.2. The minimum atomic E-state index is -0.0951. The Balaban J connectivity index is 1.08. The summed E-state index contributed by atoms with van der Waals surface area (Å²) in [7, 11) is 0. The summed E-state index contributed by atoms with van der Waals surface area (Å²) in [4.78, 5) is 18.5. The highest BCUT2D eigenvalue weighted by atomic mass is 35.5. The van der Waals surface area contributed by atoms with E-state index in [1.54, 1.807) is 12.1 Å². The monoisotopic (exact) mass is 435 g/mol. The zero-order valence-electron chi connectivity index (χ0n) is 15.9. The molecule has 1 aliphatic heterocycles. The smallest absolute Gasteiger partial charge is 0.258 e. The van der Waals surface area contributed by atoms with Gasteiger partial charge in [-0.1, -0.05) is 23.2 Å². The fraction of sp³-hybridized carbons (Fsp3) is 0.429. The number of hydrogen-bond donors (Lipinski definition) is 1. The molecule has 1 aromatic heterocycles. The van der Waals surface area contributed by atoms with E-state index in [4.69, 9.17) is 32.7 Å². The lowest BCUT2D eigenvalue weighted by Gasteiger charge is -2.20. The fourth-order valence-corrected chi connectivity index (χ4v) is 4.08. The van der Waals surface area contributed by atoms with Crippen molar-refractivity contribution in [1.82, 2.24) is 15.2 Å². The van der Waals surface area contributed by atoms with Crippen LogP contribution in [0.15, 0.2) is 42.6 Å². The van der Waals surface area contributed by atoms with Gasteiger partial charge in [-0.05, 0) is 54.7 Å². The molecule has 1 saturated carbocycles. The molecule has 29 heavy (non-hydrogen) atoms. The predicted octanol–water partition coefficient (Wildman–Crippen LogP) is 3.28. The Bertz CT molecular complexity index is 820.